The smallest absolute Gasteiger partial charge is 0.0537 e. The molecule has 3 nitrogen and oxygen atoms in total. The Labute approximate surface area is 116 Å². The molecule has 0 fully saturated rings. The predicted octanol–water partition coefficient (Wildman–Crippen LogP) is 3.48. The van der Waals surface area contributed by atoms with Crippen molar-refractivity contribution in [3.05, 3.63) is 18.0 Å². The average Bonchev–Trinajstić information content (AvgIpc) is 2.83. The molecule has 0 spiro atoms. The molecule has 0 aliphatic carbocycles. The lowest BCUT2D eigenvalue weighted by Gasteiger charge is -2.18. The zero-order chi connectivity index (χ0) is 13.4. The van der Waals surface area contributed by atoms with E-state index in [4.69, 9.17) is 0 Å². The van der Waals surface area contributed by atoms with Crippen molar-refractivity contribution in [2.24, 2.45) is 0 Å². The number of hydrogen-bond donors (Lipinski definition) is 1. The van der Waals surface area contributed by atoms with E-state index < -0.39 is 0 Å². The second-order valence-corrected chi connectivity index (χ2v) is 6.17. The molecule has 2 unspecified atom stereocenters. The first-order valence-electron chi connectivity index (χ1n) is 7.08. The van der Waals surface area contributed by atoms with Gasteiger partial charge in [-0.05, 0) is 19.4 Å². The fourth-order valence-electron chi connectivity index (χ4n) is 1.81. The number of hydrogen-bond acceptors (Lipinski definition) is 3. The highest BCUT2D eigenvalue weighted by molar-refractivity contribution is 7.99. The summed E-state index contributed by atoms with van der Waals surface area (Å²) in [5.41, 5.74) is 1.32. The fraction of sp³-hybridized carbons (Fsp3) is 0.786. The lowest BCUT2D eigenvalue weighted by Crippen LogP contribution is -2.23. The molecular formula is C14H27N3S. The summed E-state index contributed by atoms with van der Waals surface area (Å²) >= 11 is 2.04. The minimum absolute atomic E-state index is 0.430. The van der Waals surface area contributed by atoms with Gasteiger partial charge in [-0.15, -0.1) is 0 Å². The van der Waals surface area contributed by atoms with Crippen LogP contribution in [0.3, 0.4) is 0 Å². The van der Waals surface area contributed by atoms with Crippen LogP contribution >= 0.6 is 11.8 Å². The molecule has 1 aromatic rings. The maximum Gasteiger partial charge on any atom is 0.0537 e. The number of aryl methyl sites for hydroxylation is 1. The number of nitrogens with zero attached hydrogens (tertiary/aromatic N) is 2. The van der Waals surface area contributed by atoms with Crippen LogP contribution in [0.4, 0.5) is 0 Å². The van der Waals surface area contributed by atoms with E-state index in [9.17, 15) is 0 Å². The molecule has 104 valence electrons. The van der Waals surface area contributed by atoms with Crippen molar-refractivity contribution < 1.29 is 0 Å². The molecule has 0 bridgehead atoms. The summed E-state index contributed by atoms with van der Waals surface area (Å²) in [4.78, 5) is 0. The Hall–Kier alpha value is -0.480. The lowest BCUT2D eigenvalue weighted by molar-refractivity contribution is 0.590. The molecule has 0 radical (unpaired) electrons. The monoisotopic (exact) mass is 269 g/mol. The zero-order valence-corrected chi connectivity index (χ0v) is 13.0. The van der Waals surface area contributed by atoms with Crippen molar-refractivity contribution in [3.8, 4) is 0 Å². The van der Waals surface area contributed by atoms with E-state index in [1.165, 1.54) is 12.0 Å². The third kappa shape index (κ3) is 5.02. The maximum absolute atomic E-state index is 4.42. The highest BCUT2D eigenvalue weighted by Gasteiger charge is 2.13. The minimum atomic E-state index is 0.430. The summed E-state index contributed by atoms with van der Waals surface area (Å²) in [7, 11) is 0. The Morgan fingerprint density at radius 1 is 1.39 bits per heavy atom. The van der Waals surface area contributed by atoms with E-state index in [-0.39, 0.29) is 0 Å². The maximum atomic E-state index is 4.42. The van der Waals surface area contributed by atoms with Crippen molar-refractivity contribution in [3.63, 3.8) is 0 Å². The SMILES string of the molecule is CCCn1cc(C(CSC(C)CC)NCC)cn1. The molecule has 0 saturated heterocycles. The zero-order valence-electron chi connectivity index (χ0n) is 12.1. The van der Waals surface area contributed by atoms with Crippen LogP contribution in [0.15, 0.2) is 12.4 Å². The number of aromatic nitrogens is 2. The summed E-state index contributed by atoms with van der Waals surface area (Å²) in [5, 5.41) is 8.72. The molecule has 1 heterocycles. The van der Waals surface area contributed by atoms with Crippen LogP contribution in [-0.2, 0) is 6.54 Å². The number of thioether (sulfide) groups is 1. The highest BCUT2D eigenvalue weighted by Crippen LogP contribution is 2.22. The third-order valence-corrected chi connectivity index (χ3v) is 4.51. The van der Waals surface area contributed by atoms with Gasteiger partial charge in [0.1, 0.15) is 0 Å². The van der Waals surface area contributed by atoms with Gasteiger partial charge in [-0.25, -0.2) is 0 Å². The van der Waals surface area contributed by atoms with E-state index in [1.54, 1.807) is 0 Å². The number of nitrogens with one attached hydrogen (secondary N) is 1. The third-order valence-electron chi connectivity index (χ3n) is 3.08. The standard InChI is InChI=1S/C14H27N3S/c1-5-8-17-10-13(9-16-17)14(15-7-3)11-18-12(4)6-2/h9-10,12,14-15H,5-8,11H2,1-4H3. The van der Waals surface area contributed by atoms with Gasteiger partial charge in [0.2, 0.25) is 0 Å². The van der Waals surface area contributed by atoms with Crippen LogP contribution in [-0.4, -0.2) is 27.3 Å². The molecular weight excluding hydrogens is 242 g/mol. The molecule has 1 N–H and O–H groups in total. The largest absolute Gasteiger partial charge is 0.309 e. The summed E-state index contributed by atoms with van der Waals surface area (Å²) < 4.78 is 2.05. The molecule has 0 aliphatic heterocycles. The van der Waals surface area contributed by atoms with Crippen molar-refractivity contribution in [2.75, 3.05) is 12.3 Å². The van der Waals surface area contributed by atoms with Gasteiger partial charge in [0.15, 0.2) is 0 Å². The first-order chi connectivity index (χ1) is 8.71. The summed E-state index contributed by atoms with van der Waals surface area (Å²) in [6, 6.07) is 0.430. The van der Waals surface area contributed by atoms with Crippen LogP contribution in [0.1, 0.15) is 52.1 Å². The van der Waals surface area contributed by atoms with Gasteiger partial charge in [-0.3, -0.25) is 4.68 Å². The van der Waals surface area contributed by atoms with Crippen LogP contribution < -0.4 is 5.32 Å². The Bertz CT molecular complexity index is 325. The van der Waals surface area contributed by atoms with Crippen molar-refractivity contribution in [1.82, 2.24) is 15.1 Å². The first-order valence-corrected chi connectivity index (χ1v) is 8.13. The van der Waals surface area contributed by atoms with Gasteiger partial charge in [0, 0.05) is 35.3 Å². The summed E-state index contributed by atoms with van der Waals surface area (Å²) in [6.07, 6.45) is 6.57. The second-order valence-electron chi connectivity index (χ2n) is 4.70. The minimum Gasteiger partial charge on any atom is -0.309 e. The van der Waals surface area contributed by atoms with E-state index in [0.717, 1.165) is 30.5 Å². The van der Waals surface area contributed by atoms with E-state index in [2.05, 4.69) is 44.3 Å². The van der Waals surface area contributed by atoms with Crippen molar-refractivity contribution in [1.29, 1.82) is 0 Å². The van der Waals surface area contributed by atoms with Gasteiger partial charge in [0.25, 0.3) is 0 Å². The molecule has 0 amide bonds. The molecule has 18 heavy (non-hydrogen) atoms. The van der Waals surface area contributed by atoms with Gasteiger partial charge >= 0.3 is 0 Å². The van der Waals surface area contributed by atoms with Gasteiger partial charge < -0.3 is 5.32 Å². The first kappa shape index (κ1) is 15.6. The van der Waals surface area contributed by atoms with Crippen molar-refractivity contribution >= 4 is 11.8 Å². The second kappa shape index (κ2) is 8.59. The van der Waals surface area contributed by atoms with E-state index in [1.807, 2.05) is 22.6 Å². The highest BCUT2D eigenvalue weighted by atomic mass is 32.2. The van der Waals surface area contributed by atoms with Crippen LogP contribution in [0.2, 0.25) is 0 Å². The molecule has 0 saturated carbocycles. The molecule has 1 aromatic heterocycles. The average molecular weight is 269 g/mol. The Morgan fingerprint density at radius 2 is 2.17 bits per heavy atom. The molecule has 2 atom stereocenters. The van der Waals surface area contributed by atoms with Gasteiger partial charge in [0.05, 0.1) is 6.20 Å². The fourth-order valence-corrected chi connectivity index (χ4v) is 2.88. The molecule has 4 heteroatoms. The quantitative estimate of drug-likeness (QED) is 0.744. The van der Waals surface area contributed by atoms with Crippen LogP contribution in [0.25, 0.3) is 0 Å². The normalized spacial score (nSPS) is 14.7. The molecule has 0 aromatic carbocycles. The van der Waals surface area contributed by atoms with Crippen LogP contribution in [0.5, 0.6) is 0 Å². The van der Waals surface area contributed by atoms with E-state index in [0.29, 0.717) is 6.04 Å². The Morgan fingerprint density at radius 3 is 2.78 bits per heavy atom. The van der Waals surface area contributed by atoms with Crippen molar-refractivity contribution in [2.45, 2.75) is 58.4 Å². The summed E-state index contributed by atoms with van der Waals surface area (Å²) in [6.45, 7) is 10.9. The summed E-state index contributed by atoms with van der Waals surface area (Å²) in [5.74, 6) is 1.13. The van der Waals surface area contributed by atoms with Gasteiger partial charge in [-0.1, -0.05) is 27.7 Å². The lowest BCUT2D eigenvalue weighted by atomic mass is 10.2. The van der Waals surface area contributed by atoms with Crippen LogP contribution in [0, 0.1) is 0 Å². The van der Waals surface area contributed by atoms with Gasteiger partial charge in [-0.2, -0.15) is 16.9 Å². The Kier molecular flexibility index (Phi) is 7.44. The van der Waals surface area contributed by atoms with E-state index >= 15 is 0 Å². The Balaban J connectivity index is 2.58. The molecule has 1 rings (SSSR count). The predicted molar refractivity (Wildman–Crippen MR) is 81.1 cm³/mol. The number of rotatable bonds is 9. The molecule has 0 aliphatic rings. The topological polar surface area (TPSA) is 29.9 Å².